The summed E-state index contributed by atoms with van der Waals surface area (Å²) >= 11 is 0. The van der Waals surface area contributed by atoms with Crippen molar-refractivity contribution in [3.05, 3.63) is 12.7 Å². The van der Waals surface area contributed by atoms with E-state index >= 15 is 0 Å². The molecule has 0 rings (SSSR count). The predicted octanol–water partition coefficient (Wildman–Crippen LogP) is 4.13. The Balaban J connectivity index is 3.73. The number of carbonyl (C=O) groups excluding carboxylic acids is 1. The molecule has 0 N–H and O–H groups in total. The van der Waals surface area contributed by atoms with Crippen molar-refractivity contribution in [3.63, 3.8) is 0 Å². The van der Waals surface area contributed by atoms with Crippen LogP contribution in [-0.2, 0) is 4.79 Å². The summed E-state index contributed by atoms with van der Waals surface area (Å²) in [6.45, 7) is 8.06. The molecule has 0 aromatic carbocycles. The van der Waals surface area contributed by atoms with Crippen LogP contribution >= 0.6 is 0 Å². The van der Waals surface area contributed by atoms with Crippen LogP contribution in [0.2, 0.25) is 0 Å². The van der Waals surface area contributed by atoms with Crippen molar-refractivity contribution < 1.29 is 4.79 Å². The number of Topliss-reactive ketones (excluding diaryl/α,β-unsaturated/α-hetero) is 1. The molecule has 1 nitrogen and oxygen atoms in total. The second kappa shape index (κ2) is 8.98. The fraction of sp³-hybridized carbons (Fsp3) is 0.769. The minimum atomic E-state index is 0.117. The van der Waals surface area contributed by atoms with E-state index in [0.29, 0.717) is 5.78 Å². The monoisotopic (exact) mass is 196 g/mol. The molecule has 0 heterocycles. The van der Waals surface area contributed by atoms with Crippen LogP contribution < -0.4 is 0 Å². The van der Waals surface area contributed by atoms with Crippen LogP contribution in [0.5, 0.6) is 0 Å². The number of rotatable bonds is 9. The van der Waals surface area contributed by atoms with Crippen molar-refractivity contribution in [3.8, 4) is 0 Å². The first-order valence-electron chi connectivity index (χ1n) is 5.91. The maximum absolute atomic E-state index is 11.7. The van der Waals surface area contributed by atoms with Crippen LogP contribution in [0.3, 0.4) is 0 Å². The summed E-state index contributed by atoms with van der Waals surface area (Å²) < 4.78 is 0. The zero-order valence-electron chi connectivity index (χ0n) is 9.72. The third-order valence-corrected chi connectivity index (χ3v) is 2.59. The third kappa shape index (κ3) is 5.95. The zero-order chi connectivity index (χ0) is 10.8. The van der Waals surface area contributed by atoms with E-state index in [2.05, 4.69) is 20.4 Å². The van der Waals surface area contributed by atoms with E-state index in [1.54, 1.807) is 0 Å². The van der Waals surface area contributed by atoms with E-state index in [1.165, 1.54) is 12.8 Å². The van der Waals surface area contributed by atoms with E-state index in [9.17, 15) is 4.79 Å². The van der Waals surface area contributed by atoms with E-state index in [4.69, 9.17) is 0 Å². The van der Waals surface area contributed by atoms with Crippen molar-refractivity contribution >= 4 is 5.78 Å². The lowest BCUT2D eigenvalue weighted by molar-refractivity contribution is -0.121. The highest BCUT2D eigenvalue weighted by Crippen LogP contribution is 2.14. The zero-order valence-corrected chi connectivity index (χ0v) is 9.72. The van der Waals surface area contributed by atoms with Crippen molar-refractivity contribution in [2.45, 2.75) is 58.8 Å². The molecular formula is C13H24O. The largest absolute Gasteiger partial charge is 0.299 e. The molecule has 1 unspecified atom stereocenters. The average Bonchev–Trinajstić information content (AvgIpc) is 2.19. The van der Waals surface area contributed by atoms with Gasteiger partial charge in [-0.05, 0) is 12.8 Å². The molecule has 0 saturated heterocycles. The van der Waals surface area contributed by atoms with Crippen LogP contribution in [0.4, 0.5) is 0 Å². The minimum Gasteiger partial charge on any atom is -0.299 e. The highest BCUT2D eigenvalue weighted by molar-refractivity contribution is 5.82. The molecule has 1 heteroatoms. The Hall–Kier alpha value is -0.590. The molecule has 0 spiro atoms. The van der Waals surface area contributed by atoms with Gasteiger partial charge in [-0.15, -0.1) is 6.58 Å². The van der Waals surface area contributed by atoms with Crippen LogP contribution in [0.15, 0.2) is 12.7 Å². The Kier molecular flexibility index (Phi) is 8.61. The number of unbranched alkanes of at least 4 members (excludes halogenated alkanes) is 3. The van der Waals surface area contributed by atoms with Gasteiger partial charge in [-0.2, -0.15) is 0 Å². The Labute approximate surface area is 88.6 Å². The fourth-order valence-corrected chi connectivity index (χ4v) is 1.57. The van der Waals surface area contributed by atoms with Gasteiger partial charge in [-0.25, -0.2) is 0 Å². The first-order chi connectivity index (χ1) is 6.76. The summed E-state index contributed by atoms with van der Waals surface area (Å²) in [5.74, 6) is 0.508. The molecule has 0 bridgehead atoms. The third-order valence-electron chi connectivity index (χ3n) is 2.59. The van der Waals surface area contributed by atoms with Crippen LogP contribution in [-0.4, -0.2) is 5.78 Å². The smallest absolute Gasteiger partial charge is 0.139 e. The van der Waals surface area contributed by atoms with Crippen LogP contribution in [0, 0.1) is 5.92 Å². The van der Waals surface area contributed by atoms with Gasteiger partial charge in [0, 0.05) is 12.3 Å². The summed E-state index contributed by atoms with van der Waals surface area (Å²) in [5.41, 5.74) is 0. The van der Waals surface area contributed by atoms with Gasteiger partial charge >= 0.3 is 0 Å². The number of hydrogen-bond acceptors (Lipinski definition) is 1. The van der Waals surface area contributed by atoms with Gasteiger partial charge in [-0.1, -0.05) is 45.6 Å². The number of carbonyl (C=O) groups is 1. The molecule has 0 fully saturated rings. The summed E-state index contributed by atoms with van der Waals surface area (Å²) in [7, 11) is 0. The molecule has 0 aliphatic carbocycles. The lowest BCUT2D eigenvalue weighted by Gasteiger charge is -2.10. The van der Waals surface area contributed by atoms with Crippen molar-refractivity contribution in [1.29, 1.82) is 0 Å². The van der Waals surface area contributed by atoms with Gasteiger partial charge in [0.2, 0.25) is 0 Å². The van der Waals surface area contributed by atoms with Crippen molar-refractivity contribution in [1.82, 2.24) is 0 Å². The first kappa shape index (κ1) is 13.4. The molecule has 0 amide bonds. The maximum Gasteiger partial charge on any atom is 0.139 e. The van der Waals surface area contributed by atoms with Gasteiger partial charge in [0.15, 0.2) is 0 Å². The molecule has 1 atom stereocenters. The molecule has 82 valence electrons. The van der Waals surface area contributed by atoms with Gasteiger partial charge in [0.1, 0.15) is 5.78 Å². The molecular weight excluding hydrogens is 172 g/mol. The lowest BCUT2D eigenvalue weighted by atomic mass is 9.94. The molecule has 0 saturated carbocycles. The average molecular weight is 196 g/mol. The highest BCUT2D eigenvalue weighted by atomic mass is 16.1. The minimum absolute atomic E-state index is 0.117. The standard InChI is InChI=1S/C13H24O/c1-4-7-9-11-13(14)12(6-3)10-8-5-2/h6,12H,3-5,7-11H2,1-2H3. The Morgan fingerprint density at radius 1 is 1.21 bits per heavy atom. The van der Waals surface area contributed by atoms with Crippen LogP contribution in [0.25, 0.3) is 0 Å². The Morgan fingerprint density at radius 2 is 1.86 bits per heavy atom. The van der Waals surface area contributed by atoms with Gasteiger partial charge in [-0.3, -0.25) is 4.79 Å². The number of allylic oxidation sites excluding steroid dienone is 1. The fourth-order valence-electron chi connectivity index (χ4n) is 1.57. The molecule has 0 radical (unpaired) electrons. The second-order valence-corrected chi connectivity index (χ2v) is 3.91. The summed E-state index contributed by atoms with van der Waals surface area (Å²) in [6, 6.07) is 0. The maximum atomic E-state index is 11.7. The van der Waals surface area contributed by atoms with E-state index in [0.717, 1.165) is 32.1 Å². The second-order valence-electron chi connectivity index (χ2n) is 3.91. The van der Waals surface area contributed by atoms with Gasteiger partial charge < -0.3 is 0 Å². The van der Waals surface area contributed by atoms with E-state index in [1.807, 2.05) is 6.08 Å². The summed E-state index contributed by atoms with van der Waals surface area (Å²) in [6.07, 6.45) is 9.25. The summed E-state index contributed by atoms with van der Waals surface area (Å²) in [5, 5.41) is 0. The highest BCUT2D eigenvalue weighted by Gasteiger charge is 2.12. The van der Waals surface area contributed by atoms with Gasteiger partial charge in [0.25, 0.3) is 0 Å². The molecule has 0 aliphatic heterocycles. The summed E-state index contributed by atoms with van der Waals surface area (Å²) in [4.78, 5) is 11.7. The van der Waals surface area contributed by atoms with Crippen LogP contribution in [0.1, 0.15) is 58.8 Å². The molecule has 14 heavy (non-hydrogen) atoms. The molecule has 0 aromatic heterocycles. The molecule has 0 aliphatic rings. The molecule has 0 aromatic rings. The lowest BCUT2D eigenvalue weighted by Crippen LogP contribution is -2.11. The van der Waals surface area contributed by atoms with Crippen molar-refractivity contribution in [2.75, 3.05) is 0 Å². The topological polar surface area (TPSA) is 17.1 Å². The first-order valence-corrected chi connectivity index (χ1v) is 5.91. The Morgan fingerprint density at radius 3 is 2.36 bits per heavy atom. The Bertz CT molecular complexity index is 161. The number of ketones is 1. The van der Waals surface area contributed by atoms with E-state index in [-0.39, 0.29) is 5.92 Å². The van der Waals surface area contributed by atoms with E-state index < -0.39 is 0 Å². The number of hydrogen-bond donors (Lipinski definition) is 0. The SMILES string of the molecule is C=CC(CCCC)C(=O)CCCCC. The quantitative estimate of drug-likeness (QED) is 0.400. The van der Waals surface area contributed by atoms with Crippen molar-refractivity contribution in [2.24, 2.45) is 5.92 Å². The predicted molar refractivity (Wildman–Crippen MR) is 62.4 cm³/mol. The van der Waals surface area contributed by atoms with Gasteiger partial charge in [0.05, 0.1) is 0 Å². The normalized spacial score (nSPS) is 12.4.